The number of rotatable bonds is 4. The second-order valence-corrected chi connectivity index (χ2v) is 6.45. The summed E-state index contributed by atoms with van der Waals surface area (Å²) in [5.41, 5.74) is 0.388. The molecule has 1 aliphatic rings. The lowest BCUT2D eigenvalue weighted by Gasteiger charge is -2.12. The molecule has 2 aromatic rings. The van der Waals surface area contributed by atoms with Crippen LogP contribution in [0.15, 0.2) is 35.5 Å². The summed E-state index contributed by atoms with van der Waals surface area (Å²) in [4.78, 5) is 10.7. The molecule has 0 radical (unpaired) electrons. The van der Waals surface area contributed by atoms with Crippen LogP contribution in [-0.4, -0.2) is 29.3 Å². The molecule has 3 rings (SSSR count). The van der Waals surface area contributed by atoms with Crippen LogP contribution in [0.2, 0.25) is 5.02 Å². The lowest BCUT2D eigenvalue weighted by Crippen LogP contribution is -2.16. The Kier molecular flexibility index (Phi) is 5.36. The zero-order valence-electron chi connectivity index (χ0n) is 14.1. The predicted molar refractivity (Wildman–Crippen MR) is 94.5 cm³/mol. The summed E-state index contributed by atoms with van der Waals surface area (Å²) in [7, 11) is 0. The van der Waals surface area contributed by atoms with Crippen molar-refractivity contribution in [2.45, 2.75) is 25.9 Å². The summed E-state index contributed by atoms with van der Waals surface area (Å²) < 4.78 is 44.3. The van der Waals surface area contributed by atoms with Crippen molar-refractivity contribution in [1.82, 2.24) is 9.88 Å². The maximum Gasteiger partial charge on any atom is 0.417 e. The molecule has 1 aliphatic heterocycles. The van der Waals surface area contributed by atoms with Gasteiger partial charge in [0.25, 0.3) is 0 Å². The van der Waals surface area contributed by atoms with Crippen LogP contribution < -0.4 is 4.74 Å². The fraction of sp³-hybridized carbons (Fsp3) is 0.333. The van der Waals surface area contributed by atoms with Gasteiger partial charge in [0.05, 0.1) is 28.8 Å². The summed E-state index contributed by atoms with van der Waals surface area (Å²) in [5, 5.41) is -0.374. The topological polar surface area (TPSA) is 37.7 Å². The molecule has 0 bridgehead atoms. The average Bonchev–Trinajstić information content (AvgIpc) is 3.09. The molecule has 0 N–H and O–H groups in total. The summed E-state index contributed by atoms with van der Waals surface area (Å²) in [6.45, 7) is 3.75. The Balaban J connectivity index is 1.76. The van der Waals surface area contributed by atoms with Crippen LogP contribution in [0, 0.1) is 6.92 Å². The minimum atomic E-state index is -4.55. The first-order valence-corrected chi connectivity index (χ1v) is 8.50. The van der Waals surface area contributed by atoms with Gasteiger partial charge in [-0.2, -0.15) is 13.2 Å². The van der Waals surface area contributed by atoms with Crippen molar-refractivity contribution in [3.63, 3.8) is 0 Å². The van der Waals surface area contributed by atoms with Gasteiger partial charge >= 0.3 is 6.18 Å². The van der Waals surface area contributed by atoms with Crippen LogP contribution >= 0.6 is 11.6 Å². The van der Waals surface area contributed by atoms with E-state index in [0.29, 0.717) is 11.3 Å². The Bertz CT molecular complexity index is 818. The van der Waals surface area contributed by atoms with E-state index in [1.54, 1.807) is 19.3 Å². The van der Waals surface area contributed by atoms with Gasteiger partial charge in [0, 0.05) is 18.7 Å². The van der Waals surface area contributed by atoms with Gasteiger partial charge in [0.1, 0.15) is 5.75 Å². The third-order valence-corrected chi connectivity index (χ3v) is 4.31. The fourth-order valence-corrected chi connectivity index (χ4v) is 2.85. The molecule has 1 saturated heterocycles. The Labute approximate surface area is 154 Å². The lowest BCUT2D eigenvalue weighted by molar-refractivity contribution is -0.137. The zero-order chi connectivity index (χ0) is 18.7. The molecule has 26 heavy (non-hydrogen) atoms. The minimum Gasteiger partial charge on any atom is -0.439 e. The maximum absolute atomic E-state index is 12.9. The number of aromatic nitrogens is 1. The van der Waals surface area contributed by atoms with E-state index in [1.807, 2.05) is 0 Å². The van der Waals surface area contributed by atoms with Crippen LogP contribution in [0.3, 0.4) is 0 Å². The van der Waals surface area contributed by atoms with Crippen molar-refractivity contribution < 1.29 is 17.9 Å². The number of hydrogen-bond acceptors (Lipinski definition) is 3. The van der Waals surface area contributed by atoms with E-state index < -0.39 is 11.7 Å². The molecular weight excluding hydrogens is 367 g/mol. The molecule has 0 amide bonds. The molecule has 1 fully saturated rings. The van der Waals surface area contributed by atoms with E-state index >= 15 is 0 Å². The third-order valence-electron chi connectivity index (χ3n) is 3.98. The van der Waals surface area contributed by atoms with Crippen LogP contribution in [0.25, 0.3) is 0 Å². The van der Waals surface area contributed by atoms with Crippen LogP contribution in [0.5, 0.6) is 11.6 Å². The highest BCUT2D eigenvalue weighted by Crippen LogP contribution is 2.37. The van der Waals surface area contributed by atoms with Crippen molar-refractivity contribution in [3.8, 4) is 11.6 Å². The zero-order valence-corrected chi connectivity index (χ0v) is 14.8. The monoisotopic (exact) mass is 383 g/mol. The Hall–Kier alpha value is -2.28. The van der Waals surface area contributed by atoms with Gasteiger partial charge in [-0.1, -0.05) is 11.6 Å². The van der Waals surface area contributed by atoms with E-state index in [0.717, 1.165) is 38.1 Å². The van der Waals surface area contributed by atoms with Gasteiger partial charge in [-0.25, -0.2) is 9.98 Å². The summed E-state index contributed by atoms with van der Waals surface area (Å²) in [5.74, 6) is 0.242. The van der Waals surface area contributed by atoms with E-state index in [2.05, 4.69) is 14.9 Å². The molecule has 0 aliphatic carbocycles. The SMILES string of the molecule is Cc1cc(N=CN2CCCC2)cnc1Oc1ccc(Cl)c(C(F)(F)F)c1. The first kappa shape index (κ1) is 18.5. The molecule has 8 heteroatoms. The molecule has 1 aromatic heterocycles. The second-order valence-electron chi connectivity index (χ2n) is 6.04. The largest absolute Gasteiger partial charge is 0.439 e. The van der Waals surface area contributed by atoms with Crippen molar-refractivity contribution in [2.24, 2.45) is 4.99 Å². The smallest absolute Gasteiger partial charge is 0.417 e. The van der Waals surface area contributed by atoms with Crippen molar-refractivity contribution in [1.29, 1.82) is 0 Å². The number of pyridine rings is 1. The summed E-state index contributed by atoms with van der Waals surface area (Å²) in [6, 6.07) is 5.17. The number of halogens is 4. The predicted octanol–water partition coefficient (Wildman–Crippen LogP) is 5.61. The molecule has 4 nitrogen and oxygen atoms in total. The number of alkyl halides is 3. The van der Waals surface area contributed by atoms with Crippen molar-refractivity contribution >= 4 is 23.6 Å². The van der Waals surface area contributed by atoms with E-state index in [-0.39, 0.29) is 16.7 Å². The van der Waals surface area contributed by atoms with Crippen LogP contribution in [-0.2, 0) is 6.18 Å². The van der Waals surface area contributed by atoms with E-state index in [9.17, 15) is 13.2 Å². The molecule has 2 heterocycles. The minimum absolute atomic E-state index is 0.0191. The second kappa shape index (κ2) is 7.53. The quantitative estimate of drug-likeness (QED) is 0.508. The van der Waals surface area contributed by atoms with E-state index in [4.69, 9.17) is 16.3 Å². The Morgan fingerprint density at radius 3 is 2.62 bits per heavy atom. The molecule has 0 saturated carbocycles. The van der Waals surface area contributed by atoms with Gasteiger partial charge in [-0.05, 0) is 44.0 Å². The average molecular weight is 384 g/mol. The Morgan fingerprint density at radius 1 is 1.23 bits per heavy atom. The number of ether oxygens (including phenoxy) is 1. The molecule has 0 spiro atoms. The fourth-order valence-electron chi connectivity index (χ4n) is 2.63. The molecule has 0 unspecified atom stereocenters. The standard InChI is InChI=1S/C18H17ClF3N3O/c1-12-8-13(24-11-25-6-2-3-7-25)10-23-17(12)26-14-4-5-16(19)15(9-14)18(20,21)22/h4-5,8-11H,2-3,6-7H2,1H3. The van der Waals surface area contributed by atoms with Crippen LogP contribution in [0.1, 0.15) is 24.0 Å². The normalized spacial score (nSPS) is 15.0. The van der Waals surface area contributed by atoms with Crippen molar-refractivity contribution in [2.75, 3.05) is 13.1 Å². The third kappa shape index (κ3) is 4.46. The lowest BCUT2D eigenvalue weighted by atomic mass is 10.2. The molecule has 138 valence electrons. The number of likely N-dealkylation sites (tertiary alicyclic amines) is 1. The summed E-state index contributed by atoms with van der Waals surface area (Å²) in [6.07, 6.45) is 1.09. The first-order valence-electron chi connectivity index (χ1n) is 8.12. The first-order chi connectivity index (χ1) is 12.3. The van der Waals surface area contributed by atoms with Gasteiger partial charge in [-0.3, -0.25) is 0 Å². The highest BCUT2D eigenvalue weighted by Gasteiger charge is 2.33. The molecule has 0 atom stereocenters. The Morgan fingerprint density at radius 2 is 1.96 bits per heavy atom. The molecular formula is C18H17ClF3N3O. The number of nitrogens with zero attached hydrogens (tertiary/aromatic N) is 3. The highest BCUT2D eigenvalue weighted by molar-refractivity contribution is 6.31. The van der Waals surface area contributed by atoms with Gasteiger partial charge in [-0.15, -0.1) is 0 Å². The van der Waals surface area contributed by atoms with E-state index in [1.165, 1.54) is 12.3 Å². The van der Waals surface area contributed by atoms with Crippen LogP contribution in [0.4, 0.5) is 18.9 Å². The number of aliphatic imine (C=N–C) groups is 1. The number of hydrogen-bond donors (Lipinski definition) is 0. The highest BCUT2D eigenvalue weighted by atomic mass is 35.5. The van der Waals surface area contributed by atoms with Gasteiger partial charge < -0.3 is 9.64 Å². The summed E-state index contributed by atoms with van der Waals surface area (Å²) >= 11 is 5.61. The van der Waals surface area contributed by atoms with Gasteiger partial charge in [0.2, 0.25) is 5.88 Å². The number of aryl methyl sites for hydroxylation is 1. The molecule has 1 aromatic carbocycles. The maximum atomic E-state index is 12.9. The van der Waals surface area contributed by atoms with Crippen molar-refractivity contribution in [3.05, 3.63) is 46.6 Å². The number of benzene rings is 1. The van der Waals surface area contributed by atoms with Gasteiger partial charge in [0.15, 0.2) is 0 Å².